The number of thiazole rings is 1. The fraction of sp³-hybridized carbons (Fsp3) is 0.667. The van der Waals surface area contributed by atoms with Crippen LogP contribution in [0.1, 0.15) is 39.6 Å². The quantitative estimate of drug-likeness (QED) is 0.667. The second-order valence-electron chi connectivity index (χ2n) is 3.31. The maximum atomic E-state index is 4.51. The lowest BCUT2D eigenvalue weighted by Crippen LogP contribution is -2.20. The second-order valence-corrected chi connectivity index (χ2v) is 4.49. The van der Waals surface area contributed by atoms with E-state index in [-0.39, 0.29) is 7.43 Å². The van der Waals surface area contributed by atoms with Crippen molar-refractivity contribution in [3.63, 3.8) is 0 Å². The van der Waals surface area contributed by atoms with Gasteiger partial charge in [0.05, 0.1) is 10.4 Å². The van der Waals surface area contributed by atoms with Crippen LogP contribution in [-0.2, 0) is 0 Å². The number of fused-ring (bicyclic) bond motifs is 1. The molecule has 0 amide bonds. The molecule has 2 nitrogen and oxygen atoms in total. The minimum Gasteiger partial charge on any atom is -0.272 e. The van der Waals surface area contributed by atoms with Crippen LogP contribution in [-0.4, -0.2) is 11.5 Å². The van der Waals surface area contributed by atoms with E-state index in [0.717, 1.165) is 28.0 Å². The number of hydrogen-bond acceptors (Lipinski definition) is 3. The predicted molar refractivity (Wildman–Crippen MR) is 68.8 cm³/mol. The molecular formula is C12H22N2S. The molecule has 86 valence electrons. The highest BCUT2D eigenvalue weighted by molar-refractivity contribution is 7.09. The number of rotatable bonds is 0. The monoisotopic (exact) mass is 226 g/mol. The molecule has 1 aromatic heterocycles. The Morgan fingerprint density at radius 2 is 2.07 bits per heavy atom. The van der Waals surface area contributed by atoms with Gasteiger partial charge >= 0.3 is 0 Å². The summed E-state index contributed by atoms with van der Waals surface area (Å²) in [6, 6.07) is 0. The zero-order chi connectivity index (χ0) is 10.6. The number of aryl methyl sites for hydroxylation is 1. The van der Waals surface area contributed by atoms with Gasteiger partial charge in [-0.1, -0.05) is 45.6 Å². The van der Waals surface area contributed by atoms with Crippen LogP contribution in [0, 0.1) is 12.8 Å². The summed E-state index contributed by atoms with van der Waals surface area (Å²) in [6.07, 6.45) is 3.32. The van der Waals surface area contributed by atoms with E-state index in [1.807, 2.05) is 20.8 Å². The fourth-order valence-electron chi connectivity index (χ4n) is 1.30. The van der Waals surface area contributed by atoms with Crippen LogP contribution in [0.25, 0.3) is 6.08 Å². The molecule has 0 aromatic carbocycles. The van der Waals surface area contributed by atoms with Crippen LogP contribution in [0.15, 0.2) is 4.99 Å². The Balaban J connectivity index is 0.000000617. The van der Waals surface area contributed by atoms with Gasteiger partial charge in [0.15, 0.2) is 0 Å². The first-order valence-corrected chi connectivity index (χ1v) is 6.05. The fourth-order valence-corrected chi connectivity index (χ4v) is 2.10. The van der Waals surface area contributed by atoms with E-state index in [2.05, 4.69) is 23.0 Å². The van der Waals surface area contributed by atoms with E-state index in [1.54, 1.807) is 11.3 Å². The Hall–Kier alpha value is -0.700. The summed E-state index contributed by atoms with van der Waals surface area (Å²) >= 11 is 1.70. The molecule has 1 aliphatic heterocycles. The third-order valence-corrected chi connectivity index (χ3v) is 2.92. The van der Waals surface area contributed by atoms with Crippen molar-refractivity contribution in [2.24, 2.45) is 10.9 Å². The van der Waals surface area contributed by atoms with Crippen LogP contribution in [0.4, 0.5) is 0 Å². The molecule has 0 aliphatic carbocycles. The minimum absolute atomic E-state index is 0. The summed E-state index contributed by atoms with van der Waals surface area (Å²) in [5.74, 6) is 0.673. The van der Waals surface area contributed by atoms with Gasteiger partial charge in [0.2, 0.25) is 0 Å². The lowest BCUT2D eigenvalue weighted by Gasteiger charge is -1.99. The first-order valence-electron chi connectivity index (χ1n) is 5.24. The Kier molecular flexibility index (Phi) is 6.41. The van der Waals surface area contributed by atoms with E-state index < -0.39 is 0 Å². The van der Waals surface area contributed by atoms with Gasteiger partial charge in [0, 0.05) is 6.54 Å². The average molecular weight is 226 g/mol. The molecule has 0 saturated carbocycles. The summed E-state index contributed by atoms with van der Waals surface area (Å²) in [4.78, 5) is 8.93. The first kappa shape index (κ1) is 14.3. The number of hydrogen-bond donors (Lipinski definition) is 0. The molecule has 1 aliphatic rings. The van der Waals surface area contributed by atoms with E-state index in [0.29, 0.717) is 5.92 Å². The first-order chi connectivity index (χ1) is 6.75. The molecule has 3 heteroatoms. The van der Waals surface area contributed by atoms with Crippen molar-refractivity contribution in [3.05, 3.63) is 15.0 Å². The van der Waals surface area contributed by atoms with Crippen molar-refractivity contribution in [1.29, 1.82) is 0 Å². The van der Waals surface area contributed by atoms with Crippen LogP contribution < -0.4 is 10.0 Å². The van der Waals surface area contributed by atoms with Crippen LogP contribution in [0.2, 0.25) is 0 Å². The van der Waals surface area contributed by atoms with Gasteiger partial charge in [0.25, 0.3) is 0 Å². The largest absolute Gasteiger partial charge is 0.272 e. The average Bonchev–Trinajstić information content (AvgIpc) is 2.47. The smallest absolute Gasteiger partial charge is 0.137 e. The van der Waals surface area contributed by atoms with Crippen LogP contribution in [0.5, 0.6) is 0 Å². The third-order valence-electron chi connectivity index (χ3n) is 2.00. The summed E-state index contributed by atoms with van der Waals surface area (Å²) in [6.45, 7) is 9.21. The number of nitrogens with zero attached hydrogens (tertiary/aromatic N) is 2. The Morgan fingerprint density at radius 1 is 1.40 bits per heavy atom. The normalized spacial score (nSPS) is 18.0. The van der Waals surface area contributed by atoms with E-state index >= 15 is 0 Å². The molecule has 0 bridgehead atoms. The predicted octanol–water partition coefficient (Wildman–Crippen LogP) is 2.55. The van der Waals surface area contributed by atoms with Crippen molar-refractivity contribution in [2.45, 2.75) is 41.5 Å². The Labute approximate surface area is 96.8 Å². The van der Waals surface area contributed by atoms with Gasteiger partial charge < -0.3 is 0 Å². The molecule has 1 aromatic rings. The highest BCUT2D eigenvalue weighted by Crippen LogP contribution is 2.04. The van der Waals surface area contributed by atoms with Gasteiger partial charge in [0.1, 0.15) is 4.67 Å². The van der Waals surface area contributed by atoms with E-state index in [9.17, 15) is 0 Å². The summed E-state index contributed by atoms with van der Waals surface area (Å²) in [7, 11) is 0. The summed E-state index contributed by atoms with van der Waals surface area (Å²) in [5, 5.41) is 2.22. The van der Waals surface area contributed by atoms with E-state index in [4.69, 9.17) is 0 Å². The van der Waals surface area contributed by atoms with Crippen molar-refractivity contribution in [3.8, 4) is 0 Å². The van der Waals surface area contributed by atoms with Gasteiger partial charge in [-0.05, 0) is 19.3 Å². The molecule has 0 saturated heterocycles. The molecule has 2 rings (SSSR count). The zero-order valence-corrected chi connectivity index (χ0v) is 10.2. The maximum Gasteiger partial charge on any atom is 0.137 e. The number of aromatic nitrogens is 1. The molecule has 0 radical (unpaired) electrons. The van der Waals surface area contributed by atoms with Gasteiger partial charge in [-0.15, -0.1) is 0 Å². The molecular weight excluding hydrogens is 204 g/mol. The molecule has 0 fully saturated rings. The highest BCUT2D eigenvalue weighted by atomic mass is 32.1. The molecule has 1 unspecified atom stereocenters. The topological polar surface area (TPSA) is 25.2 Å². The van der Waals surface area contributed by atoms with Gasteiger partial charge in [-0.2, -0.15) is 0 Å². The Morgan fingerprint density at radius 3 is 2.73 bits per heavy atom. The van der Waals surface area contributed by atoms with Gasteiger partial charge in [-0.3, -0.25) is 4.99 Å². The second kappa shape index (κ2) is 6.72. The molecule has 2 heterocycles. The van der Waals surface area contributed by atoms with Crippen LogP contribution in [0.3, 0.4) is 0 Å². The summed E-state index contributed by atoms with van der Waals surface area (Å²) in [5.41, 5.74) is 0. The van der Waals surface area contributed by atoms with E-state index in [1.165, 1.54) is 0 Å². The maximum absolute atomic E-state index is 4.51. The van der Waals surface area contributed by atoms with Gasteiger partial charge in [-0.25, -0.2) is 4.98 Å². The van der Waals surface area contributed by atoms with Crippen LogP contribution >= 0.6 is 11.3 Å². The SMILES string of the molecule is C.CC.Cc1nc2c(s1)=NCC(C)CC=2. The molecule has 0 spiro atoms. The lowest BCUT2D eigenvalue weighted by atomic mass is 10.1. The van der Waals surface area contributed by atoms with Crippen molar-refractivity contribution < 1.29 is 0 Å². The lowest BCUT2D eigenvalue weighted by molar-refractivity contribution is 0.620. The van der Waals surface area contributed by atoms with Crippen molar-refractivity contribution in [1.82, 2.24) is 4.98 Å². The van der Waals surface area contributed by atoms with Crippen molar-refractivity contribution in [2.75, 3.05) is 6.54 Å². The minimum atomic E-state index is 0. The summed E-state index contributed by atoms with van der Waals surface area (Å²) < 4.78 is 1.12. The zero-order valence-electron chi connectivity index (χ0n) is 9.37. The molecule has 15 heavy (non-hydrogen) atoms. The third kappa shape index (κ3) is 3.74. The standard InChI is InChI=1S/C9H12N2S.C2H6.CH4/c1-6-3-4-8-9(10-5-6)12-7(2)11-8;1-2;/h4,6H,3,5H2,1-2H3;1-2H3;1H4. The Bertz CT molecular complexity index is 357. The van der Waals surface area contributed by atoms with Crippen molar-refractivity contribution >= 4 is 17.4 Å². The molecule has 1 atom stereocenters. The molecule has 0 N–H and O–H groups in total. The highest BCUT2D eigenvalue weighted by Gasteiger charge is 2.04.